The number of nitrogens with two attached hydrogens (primary N) is 1. The summed E-state index contributed by atoms with van der Waals surface area (Å²) in [7, 11) is 3.55. The number of aryl methyl sites for hydroxylation is 1. The first-order chi connectivity index (χ1) is 7.69. The van der Waals surface area contributed by atoms with Crippen LogP contribution in [0.3, 0.4) is 0 Å². The minimum Gasteiger partial charge on any atom is -0.496 e. The molecule has 4 heteroatoms. The molecular formula is C12H16N2O2. The number of aromatic nitrogens is 1. The molecule has 2 rings (SSSR count). The van der Waals surface area contributed by atoms with Crippen molar-refractivity contribution in [3.05, 3.63) is 30.0 Å². The van der Waals surface area contributed by atoms with Crippen LogP contribution in [0.15, 0.2) is 24.3 Å². The SMILES string of the molecule is COc1cccc2c1cc(C(O)CN)n2C. The third-order valence-corrected chi connectivity index (χ3v) is 2.87. The maximum atomic E-state index is 9.79. The second-order valence-electron chi connectivity index (χ2n) is 3.77. The fraction of sp³-hybridized carbons (Fsp3) is 0.333. The summed E-state index contributed by atoms with van der Waals surface area (Å²) >= 11 is 0. The average molecular weight is 220 g/mol. The summed E-state index contributed by atoms with van der Waals surface area (Å²) < 4.78 is 7.22. The highest BCUT2D eigenvalue weighted by Gasteiger charge is 2.14. The highest BCUT2D eigenvalue weighted by atomic mass is 16.5. The summed E-state index contributed by atoms with van der Waals surface area (Å²) in [5.41, 5.74) is 7.31. The van der Waals surface area contributed by atoms with Crippen LogP contribution in [-0.4, -0.2) is 23.3 Å². The third-order valence-electron chi connectivity index (χ3n) is 2.87. The van der Waals surface area contributed by atoms with Gasteiger partial charge >= 0.3 is 0 Å². The lowest BCUT2D eigenvalue weighted by Gasteiger charge is -2.09. The van der Waals surface area contributed by atoms with Crippen molar-refractivity contribution in [3.8, 4) is 5.75 Å². The smallest absolute Gasteiger partial charge is 0.128 e. The number of methoxy groups -OCH3 is 1. The molecule has 0 radical (unpaired) electrons. The number of aliphatic hydroxyl groups excluding tert-OH is 1. The molecule has 0 aliphatic carbocycles. The Morgan fingerprint density at radius 3 is 2.88 bits per heavy atom. The molecule has 4 nitrogen and oxygen atoms in total. The third kappa shape index (κ3) is 1.56. The van der Waals surface area contributed by atoms with Crippen LogP contribution in [0, 0.1) is 0 Å². The van der Waals surface area contributed by atoms with Gasteiger partial charge in [0.25, 0.3) is 0 Å². The van der Waals surface area contributed by atoms with Crippen LogP contribution in [0.1, 0.15) is 11.8 Å². The Morgan fingerprint density at radius 1 is 1.50 bits per heavy atom. The second-order valence-corrected chi connectivity index (χ2v) is 3.77. The fourth-order valence-electron chi connectivity index (χ4n) is 1.97. The maximum absolute atomic E-state index is 9.79. The molecule has 2 aromatic rings. The molecule has 0 bridgehead atoms. The average Bonchev–Trinajstić information content (AvgIpc) is 2.66. The molecule has 1 unspecified atom stereocenters. The molecule has 0 fully saturated rings. The lowest BCUT2D eigenvalue weighted by atomic mass is 10.2. The van der Waals surface area contributed by atoms with Crippen LogP contribution < -0.4 is 10.5 Å². The lowest BCUT2D eigenvalue weighted by Crippen LogP contribution is -2.14. The normalized spacial score (nSPS) is 13.0. The molecule has 1 aromatic carbocycles. The number of fused-ring (bicyclic) bond motifs is 1. The predicted molar refractivity (Wildman–Crippen MR) is 63.5 cm³/mol. The van der Waals surface area contributed by atoms with E-state index < -0.39 is 6.10 Å². The number of nitrogens with zero attached hydrogens (tertiary/aromatic N) is 1. The Kier molecular flexibility index (Phi) is 2.85. The quantitative estimate of drug-likeness (QED) is 0.816. The Balaban J connectivity index is 2.67. The van der Waals surface area contributed by atoms with E-state index in [9.17, 15) is 5.11 Å². The van der Waals surface area contributed by atoms with Crippen molar-refractivity contribution in [2.45, 2.75) is 6.10 Å². The van der Waals surface area contributed by atoms with Crippen molar-refractivity contribution in [3.63, 3.8) is 0 Å². The van der Waals surface area contributed by atoms with Crippen molar-refractivity contribution < 1.29 is 9.84 Å². The van der Waals surface area contributed by atoms with Crippen molar-refractivity contribution in [2.24, 2.45) is 12.8 Å². The number of benzene rings is 1. The highest BCUT2D eigenvalue weighted by Crippen LogP contribution is 2.30. The van der Waals surface area contributed by atoms with E-state index in [4.69, 9.17) is 10.5 Å². The van der Waals surface area contributed by atoms with Crippen molar-refractivity contribution in [1.29, 1.82) is 0 Å². The molecule has 0 saturated carbocycles. The molecule has 0 amide bonds. The molecule has 0 spiro atoms. The largest absolute Gasteiger partial charge is 0.496 e. The first-order valence-electron chi connectivity index (χ1n) is 5.19. The number of hydrogen-bond acceptors (Lipinski definition) is 3. The first-order valence-corrected chi connectivity index (χ1v) is 5.19. The second kappa shape index (κ2) is 4.15. The zero-order valence-corrected chi connectivity index (χ0v) is 9.47. The van der Waals surface area contributed by atoms with E-state index >= 15 is 0 Å². The zero-order valence-electron chi connectivity index (χ0n) is 9.47. The summed E-state index contributed by atoms with van der Waals surface area (Å²) in [6.07, 6.45) is -0.637. The van der Waals surface area contributed by atoms with Gasteiger partial charge in [-0.3, -0.25) is 0 Å². The maximum Gasteiger partial charge on any atom is 0.128 e. The standard InChI is InChI=1S/C12H16N2O2/c1-14-9-4-3-5-12(16-2)8(9)6-10(14)11(15)7-13/h3-6,11,15H,7,13H2,1-2H3. The van der Waals surface area contributed by atoms with E-state index in [1.54, 1.807) is 7.11 Å². The van der Waals surface area contributed by atoms with Crippen LogP contribution in [0.4, 0.5) is 0 Å². The van der Waals surface area contributed by atoms with Crippen LogP contribution in [-0.2, 0) is 7.05 Å². The Bertz CT molecular complexity index is 505. The lowest BCUT2D eigenvalue weighted by molar-refractivity contribution is 0.179. The summed E-state index contributed by atoms with van der Waals surface area (Å²) in [5, 5.41) is 10.8. The molecule has 1 heterocycles. The molecule has 3 N–H and O–H groups in total. The Labute approximate surface area is 94.2 Å². The van der Waals surface area contributed by atoms with Gasteiger partial charge in [0.15, 0.2) is 0 Å². The Morgan fingerprint density at radius 2 is 2.25 bits per heavy atom. The number of ether oxygens (including phenoxy) is 1. The molecule has 1 aromatic heterocycles. The van der Waals surface area contributed by atoms with Crippen LogP contribution in [0.25, 0.3) is 10.9 Å². The number of rotatable bonds is 3. The van der Waals surface area contributed by atoms with Gasteiger partial charge in [0.1, 0.15) is 11.9 Å². The van der Waals surface area contributed by atoms with Crippen LogP contribution in [0.5, 0.6) is 5.75 Å². The summed E-state index contributed by atoms with van der Waals surface area (Å²) in [4.78, 5) is 0. The van der Waals surface area contributed by atoms with Gasteiger partial charge in [0.05, 0.1) is 12.6 Å². The van der Waals surface area contributed by atoms with E-state index in [1.807, 2.05) is 35.9 Å². The van der Waals surface area contributed by atoms with Crippen molar-refractivity contribution >= 4 is 10.9 Å². The van der Waals surface area contributed by atoms with Crippen molar-refractivity contribution in [1.82, 2.24) is 4.57 Å². The number of aliphatic hydroxyl groups is 1. The molecule has 0 saturated heterocycles. The molecule has 86 valence electrons. The summed E-state index contributed by atoms with van der Waals surface area (Å²) in [6, 6.07) is 7.75. The molecule has 0 aliphatic rings. The van der Waals surface area contributed by atoms with Gasteiger partial charge in [-0.15, -0.1) is 0 Å². The van der Waals surface area contributed by atoms with Crippen LogP contribution in [0.2, 0.25) is 0 Å². The van der Waals surface area contributed by atoms with Crippen LogP contribution >= 0.6 is 0 Å². The van der Waals surface area contributed by atoms with Gasteiger partial charge in [0.2, 0.25) is 0 Å². The summed E-state index contributed by atoms with van der Waals surface area (Å²) in [5.74, 6) is 0.809. The van der Waals surface area contributed by atoms with E-state index in [0.29, 0.717) is 0 Å². The van der Waals surface area contributed by atoms with Gasteiger partial charge < -0.3 is 20.1 Å². The van der Waals surface area contributed by atoms with E-state index in [-0.39, 0.29) is 6.54 Å². The minimum atomic E-state index is -0.637. The highest BCUT2D eigenvalue weighted by molar-refractivity contribution is 5.87. The minimum absolute atomic E-state index is 0.215. The van der Waals surface area contributed by atoms with Gasteiger partial charge in [-0.25, -0.2) is 0 Å². The topological polar surface area (TPSA) is 60.4 Å². The van der Waals surface area contributed by atoms with E-state index in [2.05, 4.69) is 0 Å². The molecule has 0 aliphatic heterocycles. The van der Waals surface area contributed by atoms with E-state index in [1.165, 1.54) is 0 Å². The molecule has 16 heavy (non-hydrogen) atoms. The Hall–Kier alpha value is -1.52. The molecular weight excluding hydrogens is 204 g/mol. The monoisotopic (exact) mass is 220 g/mol. The van der Waals surface area contributed by atoms with Gasteiger partial charge in [-0.05, 0) is 18.2 Å². The number of hydrogen-bond donors (Lipinski definition) is 2. The van der Waals surface area contributed by atoms with E-state index in [0.717, 1.165) is 22.3 Å². The van der Waals surface area contributed by atoms with Crippen molar-refractivity contribution in [2.75, 3.05) is 13.7 Å². The fourth-order valence-corrected chi connectivity index (χ4v) is 1.97. The first kappa shape index (κ1) is 11.0. The zero-order chi connectivity index (χ0) is 11.7. The van der Waals surface area contributed by atoms with Gasteiger partial charge in [0, 0.05) is 24.7 Å². The predicted octanol–water partition coefficient (Wildman–Crippen LogP) is 1.18. The summed E-state index contributed by atoms with van der Waals surface area (Å²) in [6.45, 7) is 0.215. The molecule has 1 atom stereocenters. The van der Waals surface area contributed by atoms with Gasteiger partial charge in [-0.2, -0.15) is 0 Å². The van der Waals surface area contributed by atoms with Gasteiger partial charge in [-0.1, -0.05) is 6.07 Å².